The SMILES string of the molecule is C=O.CC(C)c1cc(CN2Cc3ccc(CN4CCN(C)CC4)cc3C2)c(O)cc1O. The maximum atomic E-state index is 10.3. The fraction of sp³-hybridized carbons (Fsp3) is 0.480. The zero-order chi connectivity index (χ0) is 22.5. The topological polar surface area (TPSA) is 67.3 Å². The molecule has 2 heterocycles. The molecule has 4 rings (SSSR count). The lowest BCUT2D eigenvalue weighted by Gasteiger charge is -2.32. The first-order valence-corrected chi connectivity index (χ1v) is 11.0. The summed E-state index contributed by atoms with van der Waals surface area (Å²) < 4.78 is 0. The standard InChI is InChI=1S/C24H33N3O2.CH2O/c1-17(2)22-11-21(23(28)12-24(22)29)16-27-14-19-5-4-18(10-20(19)15-27)13-26-8-6-25(3)7-9-26;1-2/h4-5,10-12,17,28-29H,6-9,13-16H2,1-3H3;1H2. The quantitative estimate of drug-likeness (QED) is 0.766. The van der Waals surface area contributed by atoms with Crippen LogP contribution in [0.5, 0.6) is 11.5 Å². The number of benzene rings is 2. The van der Waals surface area contributed by atoms with Crippen molar-refractivity contribution in [2.45, 2.75) is 45.9 Å². The fourth-order valence-corrected chi connectivity index (χ4v) is 4.46. The first-order valence-electron chi connectivity index (χ1n) is 11.0. The van der Waals surface area contributed by atoms with Crippen LogP contribution in [0.3, 0.4) is 0 Å². The van der Waals surface area contributed by atoms with Gasteiger partial charge in [0.25, 0.3) is 0 Å². The molecule has 2 aromatic rings. The van der Waals surface area contributed by atoms with Gasteiger partial charge in [-0.3, -0.25) is 9.80 Å². The Morgan fingerprint density at radius 2 is 1.55 bits per heavy atom. The molecular weight excluding hydrogens is 390 g/mol. The number of carbonyl (C=O) groups is 1. The van der Waals surface area contributed by atoms with Gasteiger partial charge >= 0.3 is 0 Å². The Labute approximate surface area is 185 Å². The molecule has 1 saturated heterocycles. The van der Waals surface area contributed by atoms with Gasteiger partial charge < -0.3 is 19.9 Å². The van der Waals surface area contributed by atoms with Crippen LogP contribution in [0.4, 0.5) is 0 Å². The van der Waals surface area contributed by atoms with Gasteiger partial charge in [-0.1, -0.05) is 32.0 Å². The average molecular weight is 426 g/mol. The van der Waals surface area contributed by atoms with Gasteiger partial charge in [0.1, 0.15) is 18.3 Å². The van der Waals surface area contributed by atoms with Crippen molar-refractivity contribution in [3.63, 3.8) is 0 Å². The molecule has 0 atom stereocenters. The van der Waals surface area contributed by atoms with Crippen molar-refractivity contribution in [3.05, 3.63) is 58.1 Å². The summed E-state index contributed by atoms with van der Waals surface area (Å²) >= 11 is 0. The van der Waals surface area contributed by atoms with Gasteiger partial charge in [-0.15, -0.1) is 0 Å². The molecule has 2 aliphatic rings. The summed E-state index contributed by atoms with van der Waals surface area (Å²) in [5.41, 5.74) is 5.96. The third-order valence-corrected chi connectivity index (χ3v) is 6.30. The summed E-state index contributed by atoms with van der Waals surface area (Å²) in [5.74, 6) is 0.584. The van der Waals surface area contributed by atoms with Crippen molar-refractivity contribution in [3.8, 4) is 11.5 Å². The summed E-state index contributed by atoms with van der Waals surface area (Å²) in [6, 6.07) is 10.4. The van der Waals surface area contributed by atoms with E-state index in [4.69, 9.17) is 4.79 Å². The number of phenols is 2. The van der Waals surface area contributed by atoms with E-state index in [1.54, 1.807) is 0 Å². The number of likely N-dealkylation sites (N-methyl/N-ethyl adjacent to an activating group) is 1. The lowest BCUT2D eigenvalue weighted by Crippen LogP contribution is -2.43. The highest BCUT2D eigenvalue weighted by Crippen LogP contribution is 2.34. The minimum absolute atomic E-state index is 0.179. The Morgan fingerprint density at radius 3 is 2.23 bits per heavy atom. The van der Waals surface area contributed by atoms with Crippen molar-refractivity contribution in [2.24, 2.45) is 0 Å². The van der Waals surface area contributed by atoms with E-state index in [-0.39, 0.29) is 17.4 Å². The third-order valence-electron chi connectivity index (χ3n) is 6.30. The molecule has 0 unspecified atom stereocenters. The molecule has 0 aliphatic carbocycles. The molecular formula is C25H35N3O3. The third kappa shape index (κ3) is 5.64. The van der Waals surface area contributed by atoms with Crippen LogP contribution in [0.2, 0.25) is 0 Å². The second-order valence-corrected chi connectivity index (χ2v) is 9.02. The van der Waals surface area contributed by atoms with Crippen LogP contribution in [0.25, 0.3) is 0 Å². The predicted molar refractivity (Wildman–Crippen MR) is 123 cm³/mol. The maximum absolute atomic E-state index is 10.3. The zero-order valence-electron chi connectivity index (χ0n) is 19.0. The molecule has 2 aromatic carbocycles. The van der Waals surface area contributed by atoms with Gasteiger partial charge in [0.15, 0.2) is 0 Å². The van der Waals surface area contributed by atoms with E-state index in [1.807, 2.05) is 12.9 Å². The number of phenolic OH excluding ortho intramolecular Hbond substituents is 2. The van der Waals surface area contributed by atoms with Crippen LogP contribution >= 0.6 is 0 Å². The second-order valence-electron chi connectivity index (χ2n) is 9.02. The summed E-state index contributed by atoms with van der Waals surface area (Å²) in [5, 5.41) is 20.4. The van der Waals surface area contributed by atoms with Crippen LogP contribution in [0, 0.1) is 0 Å². The largest absolute Gasteiger partial charge is 0.508 e. The molecule has 0 spiro atoms. The summed E-state index contributed by atoms with van der Waals surface area (Å²) in [6.45, 7) is 14.2. The zero-order valence-corrected chi connectivity index (χ0v) is 19.0. The first kappa shape index (κ1) is 23.3. The van der Waals surface area contributed by atoms with Crippen LogP contribution < -0.4 is 0 Å². The van der Waals surface area contributed by atoms with Crippen LogP contribution in [-0.4, -0.2) is 64.9 Å². The van der Waals surface area contributed by atoms with Crippen molar-refractivity contribution >= 4 is 6.79 Å². The predicted octanol–water partition coefficient (Wildman–Crippen LogP) is 3.30. The molecule has 2 N–H and O–H groups in total. The van der Waals surface area contributed by atoms with Crippen LogP contribution in [0.15, 0.2) is 30.3 Å². The second kappa shape index (κ2) is 10.3. The number of hydrogen-bond acceptors (Lipinski definition) is 6. The van der Waals surface area contributed by atoms with Crippen molar-refractivity contribution in [1.29, 1.82) is 0 Å². The Hall–Kier alpha value is -2.41. The van der Waals surface area contributed by atoms with E-state index in [0.29, 0.717) is 6.54 Å². The Kier molecular flexibility index (Phi) is 7.70. The Bertz CT molecular complexity index is 892. The van der Waals surface area contributed by atoms with Crippen molar-refractivity contribution in [2.75, 3.05) is 33.2 Å². The van der Waals surface area contributed by atoms with Gasteiger partial charge in [-0.05, 0) is 41.3 Å². The highest BCUT2D eigenvalue weighted by Gasteiger charge is 2.22. The fourth-order valence-electron chi connectivity index (χ4n) is 4.46. The number of aromatic hydroxyl groups is 2. The number of fused-ring (bicyclic) bond motifs is 1. The van der Waals surface area contributed by atoms with Gasteiger partial charge in [0.2, 0.25) is 0 Å². The number of carbonyl (C=O) groups excluding carboxylic acids is 1. The maximum Gasteiger partial charge on any atom is 0.123 e. The molecule has 6 nitrogen and oxygen atoms in total. The van der Waals surface area contributed by atoms with Crippen LogP contribution in [-0.2, 0) is 31.0 Å². The molecule has 2 aliphatic heterocycles. The molecule has 0 amide bonds. The van der Waals surface area contributed by atoms with Gasteiger partial charge in [-0.25, -0.2) is 0 Å². The van der Waals surface area contributed by atoms with E-state index in [0.717, 1.165) is 56.9 Å². The number of nitrogens with zero attached hydrogens (tertiary/aromatic N) is 3. The normalized spacial score (nSPS) is 17.4. The van der Waals surface area contributed by atoms with Gasteiger partial charge in [0.05, 0.1) is 0 Å². The van der Waals surface area contributed by atoms with Gasteiger partial charge in [-0.2, -0.15) is 0 Å². The molecule has 6 heteroatoms. The molecule has 0 aromatic heterocycles. The van der Waals surface area contributed by atoms with Crippen molar-refractivity contribution in [1.82, 2.24) is 14.7 Å². The lowest BCUT2D eigenvalue weighted by atomic mass is 9.98. The lowest BCUT2D eigenvalue weighted by molar-refractivity contribution is -0.0979. The first-order chi connectivity index (χ1) is 14.9. The Balaban J connectivity index is 0.00000132. The van der Waals surface area contributed by atoms with E-state index < -0.39 is 0 Å². The number of rotatable bonds is 5. The summed E-state index contributed by atoms with van der Waals surface area (Å²) in [6.07, 6.45) is 0. The highest BCUT2D eigenvalue weighted by atomic mass is 16.3. The van der Waals surface area contributed by atoms with E-state index >= 15 is 0 Å². The molecule has 0 bridgehead atoms. The smallest absolute Gasteiger partial charge is 0.123 e. The van der Waals surface area contributed by atoms with E-state index in [9.17, 15) is 10.2 Å². The van der Waals surface area contributed by atoms with Gasteiger partial charge in [0, 0.05) is 64.0 Å². The monoisotopic (exact) mass is 425 g/mol. The molecule has 1 fully saturated rings. The highest BCUT2D eigenvalue weighted by molar-refractivity contribution is 5.46. The van der Waals surface area contributed by atoms with E-state index in [2.05, 4.69) is 53.8 Å². The average Bonchev–Trinajstić information content (AvgIpc) is 3.14. The number of hydrogen-bond donors (Lipinski definition) is 2. The molecule has 31 heavy (non-hydrogen) atoms. The molecule has 168 valence electrons. The van der Waals surface area contributed by atoms with E-state index in [1.165, 1.54) is 22.8 Å². The summed E-state index contributed by atoms with van der Waals surface area (Å²) in [4.78, 5) is 15.3. The summed E-state index contributed by atoms with van der Waals surface area (Å²) in [7, 11) is 2.19. The van der Waals surface area contributed by atoms with Crippen LogP contribution in [0.1, 0.15) is 47.6 Å². The minimum atomic E-state index is 0.179. The Morgan fingerprint density at radius 1 is 0.871 bits per heavy atom. The minimum Gasteiger partial charge on any atom is -0.508 e. The molecule has 0 saturated carbocycles. The van der Waals surface area contributed by atoms with Crippen molar-refractivity contribution < 1.29 is 15.0 Å². The molecule has 0 radical (unpaired) electrons. The number of piperazine rings is 1.